The zero-order valence-electron chi connectivity index (χ0n) is 9.78. The molecule has 1 unspecified atom stereocenters. The van der Waals surface area contributed by atoms with Crippen molar-refractivity contribution < 1.29 is 0 Å². The van der Waals surface area contributed by atoms with Crippen LogP contribution in [-0.2, 0) is 6.54 Å². The van der Waals surface area contributed by atoms with E-state index in [4.69, 9.17) is 0 Å². The second-order valence-electron chi connectivity index (χ2n) is 5.02. The van der Waals surface area contributed by atoms with E-state index in [0.29, 0.717) is 6.04 Å². The van der Waals surface area contributed by atoms with Crippen LogP contribution in [0.2, 0.25) is 0 Å². The number of hydrogen-bond acceptors (Lipinski definition) is 2. The van der Waals surface area contributed by atoms with Crippen molar-refractivity contribution in [1.29, 1.82) is 0 Å². The van der Waals surface area contributed by atoms with Gasteiger partial charge in [-0.3, -0.25) is 4.90 Å². The first-order valence-electron chi connectivity index (χ1n) is 6.46. The lowest BCUT2D eigenvalue weighted by atomic mass is 10.0. The summed E-state index contributed by atoms with van der Waals surface area (Å²) in [5.41, 5.74) is 2.96. The third kappa shape index (κ3) is 2.13. The molecule has 1 N–H and O–H groups in total. The van der Waals surface area contributed by atoms with Crippen molar-refractivity contribution in [2.75, 3.05) is 19.6 Å². The molecule has 2 heteroatoms. The highest BCUT2D eigenvalue weighted by molar-refractivity contribution is 5.26. The van der Waals surface area contributed by atoms with Gasteiger partial charge in [0.05, 0.1) is 0 Å². The summed E-state index contributed by atoms with van der Waals surface area (Å²) in [4.78, 5) is 2.52. The summed E-state index contributed by atoms with van der Waals surface area (Å²) in [5.74, 6) is 0. The van der Waals surface area contributed by atoms with Crippen molar-refractivity contribution in [2.24, 2.45) is 0 Å². The summed E-state index contributed by atoms with van der Waals surface area (Å²) in [6.07, 6.45) is 4.00. The lowest BCUT2D eigenvalue weighted by molar-refractivity contribution is 0.172. The first kappa shape index (κ1) is 10.3. The molecule has 0 spiro atoms. The van der Waals surface area contributed by atoms with Gasteiger partial charge in [0.2, 0.25) is 0 Å². The molecule has 2 saturated heterocycles. The Balaban J connectivity index is 1.70. The second-order valence-corrected chi connectivity index (χ2v) is 5.02. The summed E-state index contributed by atoms with van der Waals surface area (Å²) in [7, 11) is 0. The molecule has 1 aromatic rings. The maximum absolute atomic E-state index is 3.57. The van der Waals surface area contributed by atoms with E-state index in [-0.39, 0.29) is 0 Å². The van der Waals surface area contributed by atoms with Crippen LogP contribution >= 0.6 is 0 Å². The highest BCUT2D eigenvalue weighted by Crippen LogP contribution is 2.24. The Morgan fingerprint density at radius 2 is 2.19 bits per heavy atom. The number of likely N-dealkylation sites (tertiary alicyclic amines) is 1. The number of rotatable bonds is 3. The Morgan fingerprint density at radius 1 is 1.25 bits per heavy atom. The predicted octanol–water partition coefficient (Wildman–Crippen LogP) is 2.32. The summed E-state index contributed by atoms with van der Waals surface area (Å²) < 4.78 is 0. The monoisotopic (exact) mass is 216 g/mol. The molecular weight excluding hydrogens is 196 g/mol. The zero-order chi connectivity index (χ0) is 10.8. The van der Waals surface area contributed by atoms with Crippen molar-refractivity contribution in [3.63, 3.8) is 0 Å². The highest BCUT2D eigenvalue weighted by Gasteiger charge is 2.17. The zero-order valence-corrected chi connectivity index (χ0v) is 9.78. The first-order valence-corrected chi connectivity index (χ1v) is 6.46. The van der Waals surface area contributed by atoms with Gasteiger partial charge in [0.1, 0.15) is 0 Å². The van der Waals surface area contributed by atoms with Crippen LogP contribution in [0.4, 0.5) is 0 Å². The fourth-order valence-corrected chi connectivity index (χ4v) is 2.68. The van der Waals surface area contributed by atoms with Gasteiger partial charge in [0, 0.05) is 12.6 Å². The fraction of sp³-hybridized carbons (Fsp3) is 0.571. The van der Waals surface area contributed by atoms with Crippen LogP contribution in [0.1, 0.15) is 36.4 Å². The molecular formula is C14H20N2. The van der Waals surface area contributed by atoms with Crippen LogP contribution < -0.4 is 5.32 Å². The minimum absolute atomic E-state index is 0.608. The number of nitrogens with one attached hydrogen (secondary N) is 1. The molecule has 0 aliphatic carbocycles. The van der Waals surface area contributed by atoms with Gasteiger partial charge in [-0.25, -0.2) is 0 Å². The minimum atomic E-state index is 0.608. The van der Waals surface area contributed by atoms with Crippen LogP contribution in [-0.4, -0.2) is 24.5 Å². The average Bonchev–Trinajstić information content (AvgIpc) is 2.77. The number of hydrogen-bond donors (Lipinski definition) is 1. The number of nitrogens with zero attached hydrogens (tertiary/aromatic N) is 1. The minimum Gasteiger partial charge on any atom is -0.310 e. The van der Waals surface area contributed by atoms with E-state index in [1.165, 1.54) is 50.0 Å². The van der Waals surface area contributed by atoms with E-state index in [2.05, 4.69) is 34.5 Å². The summed E-state index contributed by atoms with van der Waals surface area (Å²) in [5, 5.41) is 3.57. The van der Waals surface area contributed by atoms with E-state index < -0.39 is 0 Å². The molecule has 0 aromatic heterocycles. The summed E-state index contributed by atoms with van der Waals surface area (Å²) >= 11 is 0. The summed E-state index contributed by atoms with van der Waals surface area (Å²) in [6.45, 7) is 4.89. The topological polar surface area (TPSA) is 15.3 Å². The molecule has 0 radical (unpaired) electrons. The first-order chi connectivity index (χ1) is 7.92. The Labute approximate surface area is 97.6 Å². The van der Waals surface area contributed by atoms with Crippen LogP contribution in [0.25, 0.3) is 0 Å². The lowest BCUT2D eigenvalue weighted by Crippen LogP contribution is -2.36. The number of benzene rings is 1. The molecule has 16 heavy (non-hydrogen) atoms. The molecule has 0 bridgehead atoms. The van der Waals surface area contributed by atoms with Crippen molar-refractivity contribution in [3.8, 4) is 0 Å². The van der Waals surface area contributed by atoms with Crippen molar-refractivity contribution in [2.45, 2.75) is 31.8 Å². The highest BCUT2D eigenvalue weighted by atomic mass is 15.2. The smallest absolute Gasteiger partial charge is 0.0320 e. The SMILES string of the molecule is c1cc(CN2CCC2)cc(C2CCCN2)c1. The second kappa shape index (κ2) is 4.56. The molecule has 0 saturated carbocycles. The molecule has 0 amide bonds. The van der Waals surface area contributed by atoms with Gasteiger partial charge in [0.15, 0.2) is 0 Å². The van der Waals surface area contributed by atoms with Gasteiger partial charge in [-0.2, -0.15) is 0 Å². The van der Waals surface area contributed by atoms with Crippen molar-refractivity contribution >= 4 is 0 Å². The molecule has 3 rings (SSSR count). The average molecular weight is 216 g/mol. The van der Waals surface area contributed by atoms with Gasteiger partial charge in [-0.05, 0) is 50.0 Å². The largest absolute Gasteiger partial charge is 0.310 e. The molecule has 2 heterocycles. The van der Waals surface area contributed by atoms with Gasteiger partial charge in [0.25, 0.3) is 0 Å². The van der Waals surface area contributed by atoms with Gasteiger partial charge >= 0.3 is 0 Å². The molecule has 1 atom stereocenters. The fourth-order valence-electron chi connectivity index (χ4n) is 2.68. The summed E-state index contributed by atoms with van der Waals surface area (Å²) in [6, 6.07) is 9.74. The quantitative estimate of drug-likeness (QED) is 0.834. The molecule has 86 valence electrons. The van der Waals surface area contributed by atoms with E-state index in [1.54, 1.807) is 0 Å². The normalized spacial score (nSPS) is 25.6. The van der Waals surface area contributed by atoms with E-state index in [0.717, 1.165) is 6.54 Å². The molecule has 1 aromatic carbocycles. The van der Waals surface area contributed by atoms with Crippen molar-refractivity contribution in [3.05, 3.63) is 35.4 Å². The molecule has 2 aliphatic rings. The Morgan fingerprint density at radius 3 is 2.88 bits per heavy atom. The van der Waals surface area contributed by atoms with E-state index in [1.807, 2.05) is 0 Å². The van der Waals surface area contributed by atoms with Gasteiger partial charge in [-0.1, -0.05) is 24.3 Å². The van der Waals surface area contributed by atoms with Crippen LogP contribution in [0, 0.1) is 0 Å². The van der Waals surface area contributed by atoms with Crippen LogP contribution in [0.5, 0.6) is 0 Å². The standard InChI is InChI=1S/C14H20N2/c1-4-12(11-16-8-3-9-16)10-13(5-1)14-6-2-7-15-14/h1,4-5,10,14-15H,2-3,6-9,11H2. The van der Waals surface area contributed by atoms with Gasteiger partial charge < -0.3 is 5.32 Å². The molecule has 2 aliphatic heterocycles. The maximum Gasteiger partial charge on any atom is 0.0320 e. The van der Waals surface area contributed by atoms with E-state index >= 15 is 0 Å². The lowest BCUT2D eigenvalue weighted by Gasteiger charge is -2.30. The molecule has 2 fully saturated rings. The predicted molar refractivity (Wildman–Crippen MR) is 66.3 cm³/mol. The third-order valence-electron chi connectivity index (χ3n) is 3.77. The Kier molecular flexibility index (Phi) is 2.94. The van der Waals surface area contributed by atoms with E-state index in [9.17, 15) is 0 Å². The molecule has 2 nitrogen and oxygen atoms in total. The Hall–Kier alpha value is -0.860. The third-order valence-corrected chi connectivity index (χ3v) is 3.77. The van der Waals surface area contributed by atoms with Gasteiger partial charge in [-0.15, -0.1) is 0 Å². The maximum atomic E-state index is 3.57. The van der Waals surface area contributed by atoms with Crippen LogP contribution in [0.3, 0.4) is 0 Å². The van der Waals surface area contributed by atoms with Crippen LogP contribution in [0.15, 0.2) is 24.3 Å². The van der Waals surface area contributed by atoms with Crippen molar-refractivity contribution in [1.82, 2.24) is 10.2 Å². The Bertz CT molecular complexity index is 352.